The van der Waals surface area contributed by atoms with E-state index in [1.165, 1.54) is 11.4 Å². The first kappa shape index (κ1) is 13.9. The average Bonchev–Trinajstić information content (AvgIpc) is 2.79. The summed E-state index contributed by atoms with van der Waals surface area (Å²) in [4.78, 5) is 0. The molecular formula is C12H5F6S. The number of alkyl halides is 6. The Balaban J connectivity index is 2.63. The zero-order valence-electron chi connectivity index (χ0n) is 9.06. The molecule has 0 unspecified atom stereocenters. The predicted molar refractivity (Wildman–Crippen MR) is 58.6 cm³/mol. The quantitative estimate of drug-likeness (QED) is 0.630. The molecule has 1 radical (unpaired) electrons. The van der Waals surface area contributed by atoms with Crippen LogP contribution in [0, 0.1) is 5.38 Å². The van der Waals surface area contributed by atoms with E-state index < -0.39 is 23.5 Å². The Kier molecular flexibility index (Phi) is 3.34. The van der Waals surface area contributed by atoms with Crippen LogP contribution in [0.15, 0.2) is 29.6 Å². The lowest BCUT2D eigenvalue weighted by atomic mass is 9.99. The molecule has 0 saturated carbocycles. The lowest BCUT2D eigenvalue weighted by Crippen LogP contribution is -2.11. The summed E-state index contributed by atoms with van der Waals surface area (Å²) < 4.78 is 75.9. The summed E-state index contributed by atoms with van der Waals surface area (Å²) in [7, 11) is 0. The van der Waals surface area contributed by atoms with Crippen molar-refractivity contribution in [2.45, 2.75) is 12.4 Å². The van der Waals surface area contributed by atoms with Crippen LogP contribution in [0.3, 0.4) is 0 Å². The average molecular weight is 295 g/mol. The van der Waals surface area contributed by atoms with Crippen LogP contribution in [0.1, 0.15) is 11.1 Å². The summed E-state index contributed by atoms with van der Waals surface area (Å²) in [5, 5.41) is 4.00. The Hall–Kier alpha value is -1.50. The zero-order chi connectivity index (χ0) is 14.3. The first-order chi connectivity index (χ1) is 8.69. The molecule has 0 saturated heterocycles. The number of halogens is 6. The standard InChI is InChI=1S/C12H5F6S/c13-11(14,15)8-1-2-9(7-3-4-19-6-7)10(5-8)12(16,17)18/h1-3,5-6H. The first-order valence-corrected chi connectivity index (χ1v) is 5.81. The van der Waals surface area contributed by atoms with Crippen LogP contribution in [-0.4, -0.2) is 0 Å². The van der Waals surface area contributed by atoms with E-state index in [9.17, 15) is 26.3 Å². The number of rotatable bonds is 1. The molecule has 0 aliphatic carbocycles. The molecule has 7 heteroatoms. The fraction of sp³-hybridized carbons (Fsp3) is 0.167. The SMILES string of the molecule is FC(F)(F)c1ccc(-c2c[c]sc2)c(C(F)(F)F)c1. The molecule has 0 bridgehead atoms. The van der Waals surface area contributed by atoms with Gasteiger partial charge in [0.1, 0.15) is 0 Å². The van der Waals surface area contributed by atoms with Gasteiger partial charge in [-0.05, 0) is 34.7 Å². The third-order valence-electron chi connectivity index (χ3n) is 2.43. The number of hydrogen-bond acceptors (Lipinski definition) is 1. The van der Waals surface area contributed by atoms with Crippen molar-refractivity contribution in [3.05, 3.63) is 46.2 Å². The molecule has 19 heavy (non-hydrogen) atoms. The highest BCUT2D eigenvalue weighted by Gasteiger charge is 2.38. The monoisotopic (exact) mass is 295 g/mol. The summed E-state index contributed by atoms with van der Waals surface area (Å²) in [5.41, 5.74) is -2.69. The van der Waals surface area contributed by atoms with Crippen molar-refractivity contribution in [2.24, 2.45) is 0 Å². The van der Waals surface area contributed by atoms with Crippen molar-refractivity contribution in [2.75, 3.05) is 0 Å². The van der Waals surface area contributed by atoms with Gasteiger partial charge < -0.3 is 0 Å². The van der Waals surface area contributed by atoms with Crippen LogP contribution < -0.4 is 0 Å². The lowest BCUT2D eigenvalue weighted by Gasteiger charge is -2.15. The highest BCUT2D eigenvalue weighted by atomic mass is 32.1. The molecular weight excluding hydrogens is 290 g/mol. The topological polar surface area (TPSA) is 0 Å². The van der Waals surface area contributed by atoms with Gasteiger partial charge in [-0.3, -0.25) is 0 Å². The summed E-state index contributed by atoms with van der Waals surface area (Å²) in [6, 6.07) is 2.92. The van der Waals surface area contributed by atoms with E-state index in [0.29, 0.717) is 6.07 Å². The van der Waals surface area contributed by atoms with Gasteiger partial charge in [-0.15, -0.1) is 11.3 Å². The van der Waals surface area contributed by atoms with Crippen LogP contribution >= 0.6 is 11.3 Å². The van der Waals surface area contributed by atoms with Crippen molar-refractivity contribution in [3.8, 4) is 11.1 Å². The van der Waals surface area contributed by atoms with Gasteiger partial charge in [-0.25, -0.2) is 0 Å². The van der Waals surface area contributed by atoms with Crippen molar-refractivity contribution < 1.29 is 26.3 Å². The van der Waals surface area contributed by atoms with E-state index in [2.05, 4.69) is 5.38 Å². The lowest BCUT2D eigenvalue weighted by molar-refractivity contribution is -0.142. The summed E-state index contributed by atoms with van der Waals surface area (Å²) in [6.45, 7) is 0. The third kappa shape index (κ3) is 2.91. The van der Waals surface area contributed by atoms with E-state index in [0.717, 1.165) is 17.4 Å². The minimum absolute atomic E-state index is 0.132. The van der Waals surface area contributed by atoms with Crippen molar-refractivity contribution >= 4 is 11.3 Å². The Labute approximate surface area is 108 Å². The molecule has 2 aromatic rings. The van der Waals surface area contributed by atoms with Gasteiger partial charge in [0.15, 0.2) is 0 Å². The Morgan fingerprint density at radius 1 is 0.947 bits per heavy atom. The highest BCUT2D eigenvalue weighted by Crippen LogP contribution is 2.41. The Bertz CT molecular complexity index is 565. The molecule has 0 aliphatic heterocycles. The third-order valence-corrected chi connectivity index (χ3v) is 3.06. The van der Waals surface area contributed by atoms with Gasteiger partial charge in [-0.1, -0.05) is 6.07 Å². The van der Waals surface area contributed by atoms with Crippen molar-refractivity contribution in [3.63, 3.8) is 0 Å². The smallest absolute Gasteiger partial charge is 0.166 e. The predicted octanol–water partition coefficient (Wildman–Crippen LogP) is 5.25. The van der Waals surface area contributed by atoms with Gasteiger partial charge in [0, 0.05) is 5.38 Å². The zero-order valence-corrected chi connectivity index (χ0v) is 9.88. The van der Waals surface area contributed by atoms with E-state index in [1.807, 2.05) is 0 Å². The molecule has 1 aromatic carbocycles. The Morgan fingerprint density at radius 3 is 2.11 bits per heavy atom. The van der Waals surface area contributed by atoms with Gasteiger partial charge >= 0.3 is 12.4 Å². The molecule has 1 heterocycles. The largest absolute Gasteiger partial charge is 0.417 e. The number of thiophene rings is 1. The maximum atomic E-state index is 12.8. The molecule has 101 valence electrons. The second kappa shape index (κ2) is 4.56. The normalized spacial score (nSPS) is 12.7. The van der Waals surface area contributed by atoms with E-state index in [1.54, 1.807) is 0 Å². The number of benzene rings is 1. The van der Waals surface area contributed by atoms with Crippen LogP contribution in [0.5, 0.6) is 0 Å². The van der Waals surface area contributed by atoms with Crippen molar-refractivity contribution in [1.29, 1.82) is 0 Å². The van der Waals surface area contributed by atoms with Crippen LogP contribution in [0.2, 0.25) is 0 Å². The second-order valence-electron chi connectivity index (χ2n) is 3.71. The van der Waals surface area contributed by atoms with Gasteiger partial charge in [0.05, 0.1) is 11.1 Å². The molecule has 2 rings (SSSR count). The molecule has 0 fully saturated rings. The minimum atomic E-state index is -4.85. The van der Waals surface area contributed by atoms with E-state index in [4.69, 9.17) is 0 Å². The highest BCUT2D eigenvalue weighted by molar-refractivity contribution is 7.07. The molecule has 0 N–H and O–H groups in total. The molecule has 0 nitrogen and oxygen atoms in total. The first-order valence-electron chi connectivity index (χ1n) is 4.93. The Morgan fingerprint density at radius 2 is 1.63 bits per heavy atom. The number of hydrogen-bond donors (Lipinski definition) is 0. The maximum absolute atomic E-state index is 12.8. The summed E-state index contributed by atoms with van der Waals surface area (Å²) >= 11 is 1.05. The minimum Gasteiger partial charge on any atom is -0.166 e. The van der Waals surface area contributed by atoms with Gasteiger partial charge in [-0.2, -0.15) is 26.3 Å². The molecule has 1 aromatic heterocycles. The van der Waals surface area contributed by atoms with Gasteiger partial charge in [0.25, 0.3) is 0 Å². The van der Waals surface area contributed by atoms with Gasteiger partial charge in [0.2, 0.25) is 0 Å². The van der Waals surface area contributed by atoms with Crippen LogP contribution in [0.25, 0.3) is 11.1 Å². The maximum Gasteiger partial charge on any atom is 0.417 e. The molecule has 0 aliphatic rings. The summed E-state index contributed by atoms with van der Waals surface area (Å²) in [5.74, 6) is 0. The molecule has 0 amide bonds. The summed E-state index contributed by atoms with van der Waals surface area (Å²) in [6.07, 6.45) is -9.65. The van der Waals surface area contributed by atoms with E-state index in [-0.39, 0.29) is 17.2 Å². The fourth-order valence-electron chi connectivity index (χ4n) is 1.58. The van der Waals surface area contributed by atoms with Crippen molar-refractivity contribution in [1.82, 2.24) is 0 Å². The molecule has 0 atom stereocenters. The second-order valence-corrected chi connectivity index (χ2v) is 4.42. The fourth-order valence-corrected chi connectivity index (χ4v) is 2.16. The van der Waals surface area contributed by atoms with Crippen LogP contribution in [-0.2, 0) is 12.4 Å². The molecule has 0 spiro atoms. The van der Waals surface area contributed by atoms with Crippen LogP contribution in [0.4, 0.5) is 26.3 Å². The van der Waals surface area contributed by atoms with E-state index >= 15 is 0 Å².